The number of aromatic carboxylic acids is 1. The van der Waals surface area contributed by atoms with Gasteiger partial charge in [-0.3, -0.25) is 4.57 Å². The van der Waals surface area contributed by atoms with Crippen molar-refractivity contribution in [3.8, 4) is 11.8 Å². The number of carbonyl (C=O) groups is 1. The van der Waals surface area contributed by atoms with Crippen molar-refractivity contribution < 1.29 is 37.3 Å². The molecule has 0 unspecified atom stereocenters. The van der Waals surface area contributed by atoms with E-state index in [2.05, 4.69) is 9.97 Å². The van der Waals surface area contributed by atoms with Crippen LogP contribution < -0.4 is 10.5 Å². The van der Waals surface area contributed by atoms with Gasteiger partial charge in [-0.05, 0) is 35.4 Å². The van der Waals surface area contributed by atoms with Crippen LogP contribution in [0.25, 0.3) is 11.1 Å². The van der Waals surface area contributed by atoms with Gasteiger partial charge in [0.2, 0.25) is 0 Å². The number of aromatic nitrogens is 3. The third-order valence-electron chi connectivity index (χ3n) is 5.81. The smallest absolute Gasteiger partial charge is 0.422 e. The summed E-state index contributed by atoms with van der Waals surface area (Å²) in [6.45, 7) is 1.17. The summed E-state index contributed by atoms with van der Waals surface area (Å²) in [6.07, 6.45) is -3.07. The number of hydrogen-bond donors (Lipinski definition) is 2. The van der Waals surface area contributed by atoms with Crippen LogP contribution in [-0.4, -0.2) is 36.9 Å². The first-order valence-electron chi connectivity index (χ1n) is 10.2. The van der Waals surface area contributed by atoms with Gasteiger partial charge in [-0.15, -0.1) is 0 Å². The molecule has 0 radical (unpaired) electrons. The molecular formula is C23H17ClF3N3O6. The fourth-order valence-corrected chi connectivity index (χ4v) is 4.09. The highest BCUT2D eigenvalue weighted by Gasteiger charge is 2.59. The van der Waals surface area contributed by atoms with Crippen LogP contribution in [0.15, 0.2) is 58.0 Å². The average molecular weight is 524 g/mol. The monoisotopic (exact) mass is 523 g/mol. The van der Waals surface area contributed by atoms with E-state index in [-0.39, 0.29) is 39.0 Å². The van der Waals surface area contributed by atoms with Gasteiger partial charge in [0, 0.05) is 30.4 Å². The zero-order valence-corrected chi connectivity index (χ0v) is 19.3. The molecule has 0 bridgehead atoms. The SMILES string of the molecule is C[C@H](c1ccc(Oc2ncc(C(=O)O)cn2)cc1Cl)[C@@](O)(c1ccc2oc(=O)n(C)c2c1)C(F)(F)F. The molecule has 2 aromatic heterocycles. The van der Waals surface area contributed by atoms with Crippen molar-refractivity contribution in [3.63, 3.8) is 0 Å². The summed E-state index contributed by atoms with van der Waals surface area (Å²) < 4.78 is 54.5. The van der Waals surface area contributed by atoms with E-state index in [1.54, 1.807) is 0 Å². The molecule has 2 heterocycles. The Morgan fingerprint density at radius 2 is 1.83 bits per heavy atom. The van der Waals surface area contributed by atoms with E-state index in [0.717, 1.165) is 29.1 Å². The van der Waals surface area contributed by atoms with E-state index in [4.69, 9.17) is 25.9 Å². The molecule has 0 saturated heterocycles. The number of fused-ring (bicyclic) bond motifs is 1. The predicted octanol–water partition coefficient (Wildman–Crippen LogP) is 4.62. The molecule has 0 saturated carbocycles. The Balaban J connectivity index is 1.70. The van der Waals surface area contributed by atoms with Crippen LogP contribution in [0.2, 0.25) is 5.02 Å². The number of benzene rings is 2. The summed E-state index contributed by atoms with van der Waals surface area (Å²) in [4.78, 5) is 30.1. The number of carboxylic acids is 1. The minimum Gasteiger partial charge on any atom is -0.478 e. The van der Waals surface area contributed by atoms with Crippen LogP contribution in [0.1, 0.15) is 34.3 Å². The lowest BCUT2D eigenvalue weighted by molar-refractivity contribution is -0.274. The highest BCUT2D eigenvalue weighted by atomic mass is 35.5. The van der Waals surface area contributed by atoms with E-state index < -0.39 is 35.0 Å². The molecule has 0 amide bonds. The minimum absolute atomic E-state index is 0.0350. The number of hydrogen-bond acceptors (Lipinski definition) is 7. The second-order valence-electron chi connectivity index (χ2n) is 7.94. The van der Waals surface area contributed by atoms with Crippen molar-refractivity contribution in [3.05, 3.63) is 81.1 Å². The van der Waals surface area contributed by atoms with Crippen LogP contribution in [0, 0.1) is 0 Å². The first kappa shape index (κ1) is 25.2. The van der Waals surface area contributed by atoms with Crippen molar-refractivity contribution in [1.29, 1.82) is 0 Å². The molecule has 9 nitrogen and oxygen atoms in total. The summed E-state index contributed by atoms with van der Waals surface area (Å²) in [7, 11) is 1.34. The summed E-state index contributed by atoms with van der Waals surface area (Å²) in [6, 6.07) is 6.86. The highest BCUT2D eigenvalue weighted by Crippen LogP contribution is 2.50. The largest absolute Gasteiger partial charge is 0.478 e. The Bertz CT molecular complexity index is 1520. The lowest BCUT2D eigenvalue weighted by Gasteiger charge is -2.37. The van der Waals surface area contributed by atoms with Crippen LogP contribution >= 0.6 is 11.6 Å². The standard InChI is InChI=1S/C23H17ClF3N3O6/c1-11(15-5-4-14(8-16(15)24)35-20-28-9-12(10-29-20)19(31)32)22(34,23(25,26)27)13-3-6-18-17(7-13)30(2)21(33)36-18/h3-11,34H,1-2H3,(H,31,32)/t11-,22-/m1/s1. The number of halogens is 4. The van der Waals surface area contributed by atoms with E-state index >= 15 is 0 Å². The van der Waals surface area contributed by atoms with Crippen molar-refractivity contribution >= 4 is 28.7 Å². The van der Waals surface area contributed by atoms with Crippen LogP contribution in [0.5, 0.6) is 11.8 Å². The van der Waals surface area contributed by atoms with Gasteiger partial charge in [0.05, 0.1) is 11.1 Å². The fraction of sp³-hybridized carbons (Fsp3) is 0.217. The number of ether oxygens (including phenoxy) is 1. The van der Waals surface area contributed by atoms with Crippen molar-refractivity contribution in [2.45, 2.75) is 24.6 Å². The van der Waals surface area contributed by atoms with Gasteiger partial charge in [-0.25, -0.2) is 19.6 Å². The zero-order valence-electron chi connectivity index (χ0n) is 18.6. The second-order valence-corrected chi connectivity index (χ2v) is 8.35. The maximum Gasteiger partial charge on any atom is 0.422 e. The van der Waals surface area contributed by atoms with Crippen LogP contribution in [-0.2, 0) is 12.6 Å². The molecular weight excluding hydrogens is 507 g/mol. The molecule has 2 atom stereocenters. The minimum atomic E-state index is -5.12. The molecule has 0 spiro atoms. The van der Waals surface area contributed by atoms with Gasteiger partial charge >= 0.3 is 23.9 Å². The number of alkyl halides is 3. The van der Waals surface area contributed by atoms with Crippen LogP contribution in [0.3, 0.4) is 0 Å². The Morgan fingerprint density at radius 1 is 1.17 bits per heavy atom. The number of aryl methyl sites for hydroxylation is 1. The van der Waals surface area contributed by atoms with Gasteiger partial charge in [0.15, 0.2) is 11.2 Å². The number of rotatable bonds is 6. The number of oxazole rings is 1. The zero-order chi connectivity index (χ0) is 26.4. The molecule has 4 aromatic rings. The molecule has 4 rings (SSSR count). The summed E-state index contributed by atoms with van der Waals surface area (Å²) in [5.41, 5.74) is -3.93. The molecule has 2 N–H and O–H groups in total. The average Bonchev–Trinajstić information content (AvgIpc) is 3.10. The maximum atomic E-state index is 14.4. The fourth-order valence-electron chi connectivity index (χ4n) is 3.76. The molecule has 0 aliphatic rings. The molecule has 0 aliphatic carbocycles. The molecule has 36 heavy (non-hydrogen) atoms. The third-order valence-corrected chi connectivity index (χ3v) is 6.14. The van der Waals surface area contributed by atoms with E-state index in [9.17, 15) is 27.9 Å². The van der Waals surface area contributed by atoms with E-state index in [0.29, 0.717) is 0 Å². The Labute approximate surface area is 205 Å². The lowest BCUT2D eigenvalue weighted by atomic mass is 9.77. The van der Waals surface area contributed by atoms with Gasteiger partial charge < -0.3 is 19.4 Å². The number of aliphatic hydroxyl groups is 1. The normalized spacial score (nSPS) is 14.4. The van der Waals surface area contributed by atoms with Gasteiger partial charge in [0.1, 0.15) is 5.75 Å². The Kier molecular flexibility index (Phi) is 6.27. The molecule has 2 aromatic carbocycles. The number of carboxylic acid groups (broad SMARTS) is 1. The van der Waals surface area contributed by atoms with Crippen molar-refractivity contribution in [2.24, 2.45) is 7.05 Å². The third kappa shape index (κ3) is 4.29. The van der Waals surface area contributed by atoms with E-state index in [1.807, 2.05) is 0 Å². The summed E-state index contributed by atoms with van der Waals surface area (Å²) in [5.74, 6) is -3.50. The molecule has 13 heteroatoms. The van der Waals surface area contributed by atoms with Crippen LogP contribution in [0.4, 0.5) is 13.2 Å². The quantitative estimate of drug-likeness (QED) is 0.375. The summed E-state index contributed by atoms with van der Waals surface area (Å²) in [5, 5.41) is 19.9. The highest BCUT2D eigenvalue weighted by molar-refractivity contribution is 6.31. The van der Waals surface area contributed by atoms with Gasteiger partial charge in [-0.2, -0.15) is 13.2 Å². The first-order valence-corrected chi connectivity index (χ1v) is 10.6. The Morgan fingerprint density at radius 3 is 2.42 bits per heavy atom. The summed E-state index contributed by atoms with van der Waals surface area (Å²) >= 11 is 6.29. The number of nitrogens with zero attached hydrogens (tertiary/aromatic N) is 3. The topological polar surface area (TPSA) is 128 Å². The predicted molar refractivity (Wildman–Crippen MR) is 120 cm³/mol. The van der Waals surface area contributed by atoms with Gasteiger partial charge in [0.25, 0.3) is 0 Å². The van der Waals surface area contributed by atoms with Crippen molar-refractivity contribution in [2.75, 3.05) is 0 Å². The van der Waals surface area contributed by atoms with E-state index in [1.165, 1.54) is 38.2 Å². The molecule has 0 fully saturated rings. The van der Waals surface area contributed by atoms with Gasteiger partial charge in [-0.1, -0.05) is 30.7 Å². The lowest BCUT2D eigenvalue weighted by Crippen LogP contribution is -2.46. The first-order chi connectivity index (χ1) is 16.8. The maximum absolute atomic E-state index is 14.4. The second kappa shape index (κ2) is 8.95. The molecule has 188 valence electrons. The Hall–Kier alpha value is -3.90. The molecule has 0 aliphatic heterocycles. The van der Waals surface area contributed by atoms with Crippen molar-refractivity contribution in [1.82, 2.24) is 14.5 Å².